The number of thiol groups is 3. The number of hydrogen-bond acceptors (Lipinski definition) is 9. The van der Waals surface area contributed by atoms with Crippen molar-refractivity contribution in [2.75, 3.05) is 0 Å². The molecule has 0 saturated heterocycles. The molecule has 0 spiro atoms. The quantitative estimate of drug-likeness (QED) is 0.192. The maximum Gasteiger partial charge on any atom is 0.324 e. The second-order valence-corrected chi connectivity index (χ2v) is 6.40. The fourth-order valence-corrected chi connectivity index (χ4v) is 1.55. The molecule has 3 atom stereocenters. The van der Waals surface area contributed by atoms with Crippen molar-refractivity contribution in [3.63, 3.8) is 0 Å². The molecule has 0 amide bonds. The Hall–Kier alpha value is 1.24. The Morgan fingerprint density at radius 1 is 0.636 bits per heavy atom. The van der Waals surface area contributed by atoms with Gasteiger partial charge in [-0.1, -0.05) is 40.0 Å². The Balaban J connectivity index is -0.0000000994. The molecule has 0 aromatic carbocycles. The summed E-state index contributed by atoms with van der Waals surface area (Å²) < 4.78 is 0. The topological polar surface area (TPSA) is 121 Å². The molecule has 0 rings (SSSR count). The highest BCUT2D eigenvalue weighted by Crippen LogP contribution is 2.11. The number of aliphatic hydroxyl groups excluding tert-OH is 3. The van der Waals surface area contributed by atoms with Gasteiger partial charge in [-0.15, -0.1) is 37.9 Å². The van der Waals surface area contributed by atoms with Crippen LogP contribution in [0.3, 0.4) is 0 Å². The molecule has 0 bridgehead atoms. The van der Waals surface area contributed by atoms with Gasteiger partial charge in [-0.3, -0.25) is 0 Å². The molecule has 0 aliphatic carbocycles. The number of aliphatic hydroxyl groups is 3. The van der Waals surface area contributed by atoms with E-state index in [9.17, 15) is 0 Å². The summed E-state index contributed by atoms with van der Waals surface area (Å²) in [6.07, 6.45) is 5.40. The molecule has 6 N–H and O–H groups in total. The van der Waals surface area contributed by atoms with Crippen LogP contribution in [0.5, 0.6) is 0 Å². The number of hydrogen-bond donors (Lipinski definition) is 9. The standard InChI is InChI=1S/3C4H10OS.H3O3P/c3*1-2-3-4(5)6;1-4(2)3/h3*4-6H,2-3H2,1H3;1-3H. The highest BCUT2D eigenvalue weighted by Gasteiger charge is 1.89. The fourth-order valence-electron chi connectivity index (χ4n) is 0.775. The summed E-state index contributed by atoms with van der Waals surface area (Å²) in [6.45, 7) is 6.04. The molecule has 0 aromatic heterocycles. The van der Waals surface area contributed by atoms with E-state index in [2.05, 4.69) is 37.9 Å². The van der Waals surface area contributed by atoms with Crippen molar-refractivity contribution >= 4 is 46.5 Å². The molecule has 22 heavy (non-hydrogen) atoms. The molecule has 3 unspecified atom stereocenters. The van der Waals surface area contributed by atoms with Gasteiger partial charge in [0.1, 0.15) is 0 Å². The van der Waals surface area contributed by atoms with E-state index in [1.807, 2.05) is 20.8 Å². The van der Waals surface area contributed by atoms with Crippen molar-refractivity contribution in [3.05, 3.63) is 0 Å². The van der Waals surface area contributed by atoms with E-state index in [-0.39, 0.29) is 0 Å². The van der Waals surface area contributed by atoms with Crippen molar-refractivity contribution in [1.82, 2.24) is 0 Å². The van der Waals surface area contributed by atoms with Crippen molar-refractivity contribution in [3.8, 4) is 0 Å². The molecule has 0 aliphatic rings. The van der Waals surface area contributed by atoms with Gasteiger partial charge in [0, 0.05) is 0 Å². The Morgan fingerprint density at radius 2 is 0.773 bits per heavy atom. The molecule has 0 fully saturated rings. The predicted octanol–water partition coefficient (Wildman–Crippen LogP) is 2.29. The maximum atomic E-state index is 8.42. The molecule has 140 valence electrons. The lowest BCUT2D eigenvalue weighted by molar-refractivity contribution is 0.253. The molecule has 0 heterocycles. The van der Waals surface area contributed by atoms with Crippen molar-refractivity contribution in [1.29, 1.82) is 0 Å². The van der Waals surface area contributed by atoms with Gasteiger partial charge in [0.2, 0.25) is 0 Å². The molecule has 6 nitrogen and oxygen atoms in total. The monoisotopic (exact) mass is 400 g/mol. The van der Waals surface area contributed by atoms with Gasteiger partial charge in [0.05, 0.1) is 16.3 Å². The van der Waals surface area contributed by atoms with Crippen molar-refractivity contribution in [2.45, 2.75) is 75.6 Å². The van der Waals surface area contributed by atoms with Gasteiger partial charge in [-0.2, -0.15) is 0 Å². The van der Waals surface area contributed by atoms with Crippen LogP contribution in [0, 0.1) is 0 Å². The molecule has 0 aromatic rings. The van der Waals surface area contributed by atoms with Gasteiger partial charge < -0.3 is 30.0 Å². The van der Waals surface area contributed by atoms with E-state index in [0.717, 1.165) is 38.5 Å². The average molecular weight is 401 g/mol. The third kappa shape index (κ3) is 83.0. The third-order valence-electron chi connectivity index (χ3n) is 1.64. The highest BCUT2D eigenvalue weighted by atomic mass is 32.1. The first-order valence-electron chi connectivity index (χ1n) is 7.00. The molecule has 10 heteroatoms. The highest BCUT2D eigenvalue weighted by molar-refractivity contribution is 7.81. The Kier molecular flexibility index (Phi) is 38.3. The normalized spacial score (nSPS) is 13.5. The van der Waals surface area contributed by atoms with Gasteiger partial charge in [0.25, 0.3) is 0 Å². The zero-order valence-corrected chi connectivity index (χ0v) is 17.0. The second-order valence-electron chi connectivity index (χ2n) is 4.08. The van der Waals surface area contributed by atoms with Crippen molar-refractivity contribution < 1.29 is 30.0 Å². The fraction of sp³-hybridized carbons (Fsp3) is 1.00. The summed E-state index contributed by atoms with van der Waals surface area (Å²) in [4.78, 5) is 21.7. The Bertz CT molecular complexity index is 150. The Morgan fingerprint density at radius 3 is 0.773 bits per heavy atom. The average Bonchev–Trinajstić information content (AvgIpc) is 2.28. The minimum atomic E-state index is -2.62. The first kappa shape index (κ1) is 31.1. The van der Waals surface area contributed by atoms with E-state index in [1.165, 1.54) is 0 Å². The molecular weight excluding hydrogens is 367 g/mol. The van der Waals surface area contributed by atoms with Crippen LogP contribution in [0.2, 0.25) is 0 Å². The van der Waals surface area contributed by atoms with Crippen LogP contribution in [-0.4, -0.2) is 46.3 Å². The summed E-state index contributed by atoms with van der Waals surface area (Å²) in [5.41, 5.74) is -1.22. The van der Waals surface area contributed by atoms with E-state index < -0.39 is 24.9 Å². The van der Waals surface area contributed by atoms with E-state index >= 15 is 0 Å². The molecule has 0 aliphatic heterocycles. The molecule has 0 radical (unpaired) electrons. The summed E-state index contributed by atoms with van der Waals surface area (Å²) in [7, 11) is -2.62. The minimum Gasteiger partial charge on any atom is -0.383 e. The lowest BCUT2D eigenvalue weighted by atomic mass is 10.4. The summed E-state index contributed by atoms with van der Waals surface area (Å²) >= 11 is 11.2. The van der Waals surface area contributed by atoms with Gasteiger partial charge in [-0.05, 0) is 19.3 Å². The van der Waals surface area contributed by atoms with E-state index in [4.69, 9.17) is 30.0 Å². The SMILES string of the molecule is CCCC(O)S.CCCC(O)S.CCCC(O)S.OP(O)O. The third-order valence-corrected chi connectivity index (χ3v) is 2.42. The van der Waals surface area contributed by atoms with Gasteiger partial charge in [0.15, 0.2) is 0 Å². The van der Waals surface area contributed by atoms with Crippen LogP contribution in [0.1, 0.15) is 59.3 Å². The van der Waals surface area contributed by atoms with Gasteiger partial charge >= 0.3 is 8.60 Å². The summed E-state index contributed by atoms with van der Waals surface area (Å²) in [6, 6.07) is 0. The summed E-state index contributed by atoms with van der Waals surface area (Å²) in [5.74, 6) is 0. The minimum absolute atomic E-state index is 0.407. The summed E-state index contributed by atoms with van der Waals surface area (Å²) in [5, 5.41) is 25.2. The number of rotatable bonds is 6. The van der Waals surface area contributed by atoms with E-state index in [0.29, 0.717) is 0 Å². The zero-order chi connectivity index (χ0) is 18.6. The first-order chi connectivity index (χ1) is 10.0. The lowest BCUT2D eigenvalue weighted by Crippen LogP contribution is -1.91. The van der Waals surface area contributed by atoms with Crippen LogP contribution in [0.4, 0.5) is 0 Å². The zero-order valence-electron chi connectivity index (χ0n) is 13.4. The second kappa shape index (κ2) is 27.1. The van der Waals surface area contributed by atoms with E-state index in [1.54, 1.807) is 0 Å². The van der Waals surface area contributed by atoms with Gasteiger partial charge in [-0.25, -0.2) is 0 Å². The van der Waals surface area contributed by atoms with Crippen LogP contribution in [0.25, 0.3) is 0 Å². The smallest absolute Gasteiger partial charge is 0.324 e. The largest absolute Gasteiger partial charge is 0.383 e. The Labute approximate surface area is 152 Å². The van der Waals surface area contributed by atoms with Crippen LogP contribution in [-0.2, 0) is 0 Å². The van der Waals surface area contributed by atoms with Crippen LogP contribution < -0.4 is 0 Å². The molecular formula is C12H33O6PS3. The van der Waals surface area contributed by atoms with Crippen molar-refractivity contribution in [2.24, 2.45) is 0 Å². The van der Waals surface area contributed by atoms with Crippen LogP contribution >= 0.6 is 46.5 Å². The van der Waals surface area contributed by atoms with Crippen LogP contribution in [0.15, 0.2) is 0 Å². The molecule has 0 saturated carbocycles. The lowest BCUT2D eigenvalue weighted by Gasteiger charge is -1.94. The predicted molar refractivity (Wildman–Crippen MR) is 103 cm³/mol. The maximum absolute atomic E-state index is 8.42. The first-order valence-corrected chi connectivity index (χ1v) is 9.74.